The maximum absolute atomic E-state index is 12.5. The van der Waals surface area contributed by atoms with Gasteiger partial charge in [-0.05, 0) is 11.1 Å². The minimum absolute atomic E-state index is 0.0751. The molecule has 0 N–H and O–H groups in total. The van der Waals surface area contributed by atoms with E-state index >= 15 is 0 Å². The number of amides is 4. The summed E-state index contributed by atoms with van der Waals surface area (Å²) in [4.78, 5) is 42.8. The van der Waals surface area contributed by atoms with Crippen LogP contribution in [0.4, 0.5) is 4.79 Å². The lowest BCUT2D eigenvalue weighted by atomic mass is 10.2. The van der Waals surface area contributed by atoms with Crippen molar-refractivity contribution in [3.8, 4) is 0 Å². The van der Waals surface area contributed by atoms with Gasteiger partial charge in [0.25, 0.3) is 5.91 Å². The van der Waals surface area contributed by atoms with Crippen LogP contribution < -0.4 is 0 Å². The number of hydroxylamine groups is 2. The first kappa shape index (κ1) is 15.9. The summed E-state index contributed by atoms with van der Waals surface area (Å²) >= 11 is 0. The van der Waals surface area contributed by atoms with E-state index in [9.17, 15) is 14.4 Å². The van der Waals surface area contributed by atoms with Crippen molar-refractivity contribution in [1.82, 2.24) is 9.96 Å². The molecule has 122 valence electrons. The topological polar surface area (TPSA) is 66.9 Å². The summed E-state index contributed by atoms with van der Waals surface area (Å²) in [5.41, 5.74) is 1.63. The van der Waals surface area contributed by atoms with Crippen LogP contribution in [0.25, 0.3) is 0 Å². The molecular weight excluding hydrogens is 308 g/mol. The fourth-order valence-electron chi connectivity index (χ4n) is 2.38. The first-order valence-electron chi connectivity index (χ1n) is 7.53. The number of barbiturate groups is 1. The second-order valence-corrected chi connectivity index (χ2v) is 5.37. The first-order chi connectivity index (χ1) is 11.6. The highest BCUT2D eigenvalue weighted by molar-refractivity contribution is 6.13. The van der Waals surface area contributed by atoms with Crippen LogP contribution in [0.15, 0.2) is 60.7 Å². The smallest absolute Gasteiger partial charge is 0.274 e. The third-order valence-corrected chi connectivity index (χ3v) is 3.62. The molecule has 1 saturated heterocycles. The quantitative estimate of drug-likeness (QED) is 0.793. The van der Waals surface area contributed by atoms with E-state index < -0.39 is 17.8 Å². The van der Waals surface area contributed by atoms with E-state index in [1.165, 1.54) is 0 Å². The molecule has 1 fully saturated rings. The number of benzene rings is 2. The molecule has 6 heteroatoms. The van der Waals surface area contributed by atoms with Gasteiger partial charge in [-0.2, -0.15) is 0 Å². The van der Waals surface area contributed by atoms with Gasteiger partial charge in [0.2, 0.25) is 5.91 Å². The van der Waals surface area contributed by atoms with Gasteiger partial charge in [0.15, 0.2) is 0 Å². The highest BCUT2D eigenvalue weighted by atomic mass is 16.7. The molecule has 0 bridgehead atoms. The Balaban J connectivity index is 1.71. The van der Waals surface area contributed by atoms with E-state index in [1.54, 1.807) is 0 Å². The van der Waals surface area contributed by atoms with Crippen LogP contribution in [-0.2, 0) is 27.6 Å². The van der Waals surface area contributed by atoms with Crippen LogP contribution in [-0.4, -0.2) is 27.8 Å². The average molecular weight is 324 g/mol. The molecule has 2 aromatic carbocycles. The summed E-state index contributed by atoms with van der Waals surface area (Å²) < 4.78 is 0. The Bertz CT molecular complexity index is 746. The number of carbonyl (C=O) groups excluding carboxylic acids is 3. The Morgan fingerprint density at radius 2 is 1.38 bits per heavy atom. The van der Waals surface area contributed by atoms with Crippen LogP contribution in [0, 0.1) is 0 Å². The molecule has 0 aromatic heterocycles. The largest absolute Gasteiger partial charge is 0.358 e. The normalized spacial score (nSPS) is 15.1. The van der Waals surface area contributed by atoms with Crippen molar-refractivity contribution >= 4 is 17.8 Å². The molecule has 3 rings (SSSR count). The van der Waals surface area contributed by atoms with Gasteiger partial charge < -0.3 is 0 Å². The molecule has 0 unspecified atom stereocenters. The number of urea groups is 1. The predicted octanol–water partition coefficient (Wildman–Crippen LogP) is 2.50. The van der Waals surface area contributed by atoms with Gasteiger partial charge in [0, 0.05) is 0 Å². The molecule has 6 nitrogen and oxygen atoms in total. The summed E-state index contributed by atoms with van der Waals surface area (Å²) in [6, 6.07) is 17.6. The maximum Gasteiger partial charge on any atom is 0.358 e. The molecular formula is C18H16N2O4. The van der Waals surface area contributed by atoms with Crippen LogP contribution in [0.2, 0.25) is 0 Å². The molecule has 0 aliphatic carbocycles. The lowest BCUT2D eigenvalue weighted by Crippen LogP contribution is -2.54. The number of hydrogen-bond acceptors (Lipinski definition) is 4. The summed E-state index contributed by atoms with van der Waals surface area (Å²) in [5.74, 6) is -1.17. The predicted molar refractivity (Wildman–Crippen MR) is 85.1 cm³/mol. The first-order valence-corrected chi connectivity index (χ1v) is 7.53. The molecule has 1 aliphatic rings. The van der Waals surface area contributed by atoms with E-state index in [1.807, 2.05) is 60.7 Å². The average Bonchev–Trinajstić information content (AvgIpc) is 2.60. The molecule has 2 aromatic rings. The van der Waals surface area contributed by atoms with E-state index in [-0.39, 0.29) is 19.6 Å². The van der Waals surface area contributed by atoms with Crippen molar-refractivity contribution in [3.63, 3.8) is 0 Å². The van der Waals surface area contributed by atoms with Gasteiger partial charge in [0.05, 0.1) is 6.54 Å². The number of imide groups is 2. The van der Waals surface area contributed by atoms with Gasteiger partial charge in [0.1, 0.15) is 13.0 Å². The van der Waals surface area contributed by atoms with E-state index in [2.05, 4.69) is 0 Å². The third-order valence-electron chi connectivity index (χ3n) is 3.62. The third kappa shape index (κ3) is 3.49. The van der Waals surface area contributed by atoms with E-state index in [0.29, 0.717) is 5.06 Å². The SMILES string of the molecule is O=C1CC(=O)N(OCc2ccccc2)C(=O)N1Cc1ccccc1. The fraction of sp³-hybridized carbons (Fsp3) is 0.167. The molecule has 0 spiro atoms. The zero-order valence-electron chi connectivity index (χ0n) is 12.9. The molecule has 1 heterocycles. The number of rotatable bonds is 5. The van der Waals surface area contributed by atoms with Crippen LogP contribution in [0.5, 0.6) is 0 Å². The standard InChI is InChI=1S/C18H16N2O4/c21-16-11-17(22)20(24-13-15-9-5-2-6-10-15)18(23)19(16)12-14-7-3-1-4-8-14/h1-10H,11-13H2. The van der Waals surface area contributed by atoms with Crippen LogP contribution >= 0.6 is 0 Å². The van der Waals surface area contributed by atoms with Crippen molar-refractivity contribution in [2.45, 2.75) is 19.6 Å². The Labute approximate surface area is 139 Å². The Kier molecular flexibility index (Phi) is 4.67. The number of nitrogens with zero attached hydrogens (tertiary/aromatic N) is 2. The minimum atomic E-state index is -0.754. The second-order valence-electron chi connectivity index (χ2n) is 5.37. The zero-order chi connectivity index (χ0) is 16.9. The van der Waals surface area contributed by atoms with Gasteiger partial charge in [-0.15, -0.1) is 5.06 Å². The van der Waals surface area contributed by atoms with Gasteiger partial charge >= 0.3 is 6.03 Å². The van der Waals surface area contributed by atoms with Crippen LogP contribution in [0.3, 0.4) is 0 Å². The van der Waals surface area contributed by atoms with Crippen molar-refractivity contribution in [2.24, 2.45) is 0 Å². The van der Waals surface area contributed by atoms with Gasteiger partial charge in [-0.1, -0.05) is 60.7 Å². The lowest BCUT2D eigenvalue weighted by molar-refractivity contribution is -0.182. The summed E-state index contributed by atoms with van der Waals surface area (Å²) in [5, 5.41) is 0.678. The Morgan fingerprint density at radius 3 is 2.00 bits per heavy atom. The monoisotopic (exact) mass is 324 g/mol. The molecule has 4 amide bonds. The summed E-state index contributed by atoms with van der Waals surface area (Å²) in [6.07, 6.45) is -0.382. The summed E-state index contributed by atoms with van der Waals surface area (Å²) in [7, 11) is 0. The zero-order valence-corrected chi connectivity index (χ0v) is 12.9. The molecule has 0 atom stereocenters. The molecule has 0 radical (unpaired) electrons. The fourth-order valence-corrected chi connectivity index (χ4v) is 2.38. The Morgan fingerprint density at radius 1 is 0.792 bits per heavy atom. The lowest BCUT2D eigenvalue weighted by Gasteiger charge is -2.31. The highest BCUT2D eigenvalue weighted by Crippen LogP contribution is 2.17. The molecule has 24 heavy (non-hydrogen) atoms. The molecule has 1 aliphatic heterocycles. The van der Waals surface area contributed by atoms with E-state index in [0.717, 1.165) is 16.0 Å². The second kappa shape index (κ2) is 7.06. The molecule has 0 saturated carbocycles. The van der Waals surface area contributed by atoms with Crippen molar-refractivity contribution in [2.75, 3.05) is 0 Å². The van der Waals surface area contributed by atoms with Crippen molar-refractivity contribution in [1.29, 1.82) is 0 Å². The highest BCUT2D eigenvalue weighted by Gasteiger charge is 2.39. The summed E-state index contributed by atoms with van der Waals surface area (Å²) in [6.45, 7) is 0.183. The van der Waals surface area contributed by atoms with Gasteiger partial charge in [-0.25, -0.2) is 4.79 Å². The van der Waals surface area contributed by atoms with E-state index in [4.69, 9.17) is 4.84 Å². The van der Waals surface area contributed by atoms with Crippen LogP contribution in [0.1, 0.15) is 17.5 Å². The number of hydrogen-bond donors (Lipinski definition) is 0. The van der Waals surface area contributed by atoms with Gasteiger partial charge in [-0.3, -0.25) is 19.3 Å². The number of carbonyl (C=O) groups is 3. The minimum Gasteiger partial charge on any atom is -0.274 e. The maximum atomic E-state index is 12.5. The Hall–Kier alpha value is -2.99. The van der Waals surface area contributed by atoms with Crippen molar-refractivity contribution < 1.29 is 19.2 Å². The van der Waals surface area contributed by atoms with Crippen molar-refractivity contribution in [3.05, 3.63) is 71.8 Å².